The van der Waals surface area contributed by atoms with Crippen LogP contribution in [-0.2, 0) is 16.0 Å². The van der Waals surface area contributed by atoms with Crippen LogP contribution in [0.2, 0.25) is 0 Å². The van der Waals surface area contributed by atoms with Crippen molar-refractivity contribution in [3.63, 3.8) is 0 Å². The van der Waals surface area contributed by atoms with E-state index >= 15 is 0 Å². The van der Waals surface area contributed by atoms with Crippen molar-refractivity contribution < 1.29 is 14.3 Å². The van der Waals surface area contributed by atoms with Gasteiger partial charge in [0.1, 0.15) is 6.04 Å². The molecular formula is C16H17BrN2O3. The Labute approximate surface area is 137 Å². The monoisotopic (exact) mass is 364 g/mol. The van der Waals surface area contributed by atoms with E-state index < -0.39 is 5.91 Å². The maximum atomic E-state index is 12.0. The topological polar surface area (TPSA) is 81.4 Å². The Bertz CT molecular complexity index is 697. The molecule has 1 aliphatic carbocycles. The van der Waals surface area contributed by atoms with Crippen molar-refractivity contribution >= 4 is 33.4 Å². The zero-order valence-corrected chi connectivity index (χ0v) is 13.8. The number of hydrogen-bond acceptors (Lipinski definition) is 4. The molecule has 0 saturated heterocycles. The smallest absolute Gasteiger partial charge is 0.323 e. The molecule has 116 valence electrons. The number of benzene rings is 1. The molecule has 1 unspecified atom stereocenters. The van der Waals surface area contributed by atoms with Crippen LogP contribution in [0.3, 0.4) is 0 Å². The molecule has 1 atom stereocenters. The van der Waals surface area contributed by atoms with Crippen LogP contribution >= 0.6 is 15.9 Å². The zero-order chi connectivity index (χ0) is 15.9. The highest BCUT2D eigenvalue weighted by Crippen LogP contribution is 2.43. The molecule has 0 bridgehead atoms. The lowest BCUT2D eigenvalue weighted by atomic mass is 9.94. The summed E-state index contributed by atoms with van der Waals surface area (Å²) in [6, 6.07) is 3.25. The SMILES string of the molecule is CCOC(=O)C1CC2=C(CN1)Cc1c(C(N)=O)ccc(Br)c12. The van der Waals surface area contributed by atoms with Crippen LogP contribution in [0.1, 0.15) is 34.8 Å². The van der Waals surface area contributed by atoms with Crippen LogP contribution in [0, 0.1) is 0 Å². The Hall–Kier alpha value is -1.66. The number of ether oxygens (including phenoxy) is 1. The van der Waals surface area contributed by atoms with E-state index in [2.05, 4.69) is 21.2 Å². The van der Waals surface area contributed by atoms with Crippen LogP contribution in [-0.4, -0.2) is 31.1 Å². The van der Waals surface area contributed by atoms with Crippen LogP contribution in [0.15, 0.2) is 22.2 Å². The molecule has 0 spiro atoms. The van der Waals surface area contributed by atoms with E-state index in [0.717, 1.165) is 21.2 Å². The number of carbonyl (C=O) groups is 2. The van der Waals surface area contributed by atoms with Crippen molar-refractivity contribution in [3.05, 3.63) is 38.9 Å². The summed E-state index contributed by atoms with van der Waals surface area (Å²) in [6.07, 6.45) is 1.27. The van der Waals surface area contributed by atoms with Gasteiger partial charge in [-0.25, -0.2) is 0 Å². The highest BCUT2D eigenvalue weighted by atomic mass is 79.9. The van der Waals surface area contributed by atoms with E-state index in [4.69, 9.17) is 10.5 Å². The van der Waals surface area contributed by atoms with Crippen LogP contribution in [0.25, 0.3) is 5.57 Å². The van der Waals surface area contributed by atoms with Gasteiger partial charge < -0.3 is 15.8 Å². The Kier molecular flexibility index (Phi) is 4.06. The second-order valence-corrected chi connectivity index (χ2v) is 6.32. The zero-order valence-electron chi connectivity index (χ0n) is 12.2. The summed E-state index contributed by atoms with van der Waals surface area (Å²) in [5, 5.41) is 3.21. The number of fused-ring (bicyclic) bond motifs is 2. The van der Waals surface area contributed by atoms with E-state index in [1.165, 1.54) is 5.57 Å². The summed E-state index contributed by atoms with van der Waals surface area (Å²) in [7, 11) is 0. The lowest BCUT2D eigenvalue weighted by Gasteiger charge is -2.24. The van der Waals surface area contributed by atoms with E-state index in [9.17, 15) is 9.59 Å². The van der Waals surface area contributed by atoms with Gasteiger partial charge in [-0.05, 0) is 54.2 Å². The molecule has 1 aliphatic heterocycles. The Balaban J connectivity index is 1.97. The van der Waals surface area contributed by atoms with Gasteiger partial charge in [0.05, 0.1) is 6.61 Å². The Morgan fingerprint density at radius 3 is 2.91 bits per heavy atom. The number of rotatable bonds is 3. The minimum atomic E-state index is -0.418. The van der Waals surface area contributed by atoms with Crippen LogP contribution in [0.4, 0.5) is 0 Å². The third kappa shape index (κ3) is 2.46. The standard InChI is InChI=1S/C16H17BrN2O3/c1-2-22-16(21)13-6-10-8(7-19-13)5-11-9(15(18)20)3-4-12(17)14(10)11/h3-4,13,19H,2,5-7H2,1H3,(H2,18,20). The summed E-state index contributed by atoms with van der Waals surface area (Å²) < 4.78 is 6.03. The van der Waals surface area contributed by atoms with Gasteiger partial charge in [-0.3, -0.25) is 9.59 Å². The first-order valence-corrected chi connectivity index (χ1v) is 8.04. The lowest BCUT2D eigenvalue weighted by molar-refractivity contribution is -0.145. The van der Waals surface area contributed by atoms with Crippen molar-refractivity contribution in [1.29, 1.82) is 0 Å². The minimum Gasteiger partial charge on any atom is -0.465 e. The average Bonchev–Trinajstić information content (AvgIpc) is 2.86. The van der Waals surface area contributed by atoms with Gasteiger partial charge in [0.25, 0.3) is 0 Å². The molecule has 1 aromatic carbocycles. The predicted molar refractivity (Wildman–Crippen MR) is 86.3 cm³/mol. The van der Waals surface area contributed by atoms with Crippen molar-refractivity contribution in [3.8, 4) is 0 Å². The number of nitrogens with two attached hydrogens (primary N) is 1. The van der Waals surface area contributed by atoms with Gasteiger partial charge in [-0.15, -0.1) is 0 Å². The summed E-state index contributed by atoms with van der Waals surface area (Å²) in [5.41, 5.74) is 10.3. The lowest BCUT2D eigenvalue weighted by Crippen LogP contribution is -2.42. The normalized spacial score (nSPS) is 19.6. The predicted octanol–water partition coefficient (Wildman–Crippen LogP) is 1.78. The highest BCUT2D eigenvalue weighted by Gasteiger charge is 2.34. The third-order valence-electron chi connectivity index (χ3n) is 4.19. The highest BCUT2D eigenvalue weighted by molar-refractivity contribution is 9.10. The summed E-state index contributed by atoms with van der Waals surface area (Å²) in [5.74, 6) is -0.650. The van der Waals surface area contributed by atoms with Crippen molar-refractivity contribution in [2.45, 2.75) is 25.8 Å². The van der Waals surface area contributed by atoms with Gasteiger partial charge in [0, 0.05) is 16.6 Å². The first-order chi connectivity index (χ1) is 10.5. The average molecular weight is 365 g/mol. The summed E-state index contributed by atoms with van der Waals surface area (Å²) in [4.78, 5) is 23.6. The fourth-order valence-electron chi connectivity index (χ4n) is 3.20. The Morgan fingerprint density at radius 2 is 2.23 bits per heavy atom. The molecule has 1 heterocycles. The quantitative estimate of drug-likeness (QED) is 0.801. The third-order valence-corrected chi connectivity index (χ3v) is 4.85. The van der Waals surface area contributed by atoms with Gasteiger partial charge in [-0.2, -0.15) is 0 Å². The molecule has 22 heavy (non-hydrogen) atoms. The Morgan fingerprint density at radius 1 is 1.45 bits per heavy atom. The fourth-order valence-corrected chi connectivity index (χ4v) is 3.82. The molecule has 2 aliphatic rings. The number of nitrogens with one attached hydrogen (secondary N) is 1. The van der Waals surface area contributed by atoms with Crippen LogP contribution in [0.5, 0.6) is 0 Å². The summed E-state index contributed by atoms with van der Waals surface area (Å²) in [6.45, 7) is 2.79. The number of primary amides is 1. The van der Waals surface area contributed by atoms with Gasteiger partial charge in [0.15, 0.2) is 0 Å². The first kappa shape index (κ1) is 15.2. The number of amides is 1. The maximum absolute atomic E-state index is 12.0. The number of esters is 1. The molecule has 6 heteroatoms. The van der Waals surface area contributed by atoms with E-state index in [-0.39, 0.29) is 12.0 Å². The van der Waals surface area contributed by atoms with Crippen molar-refractivity contribution in [2.24, 2.45) is 5.73 Å². The summed E-state index contributed by atoms with van der Waals surface area (Å²) >= 11 is 3.56. The van der Waals surface area contributed by atoms with E-state index in [1.54, 1.807) is 13.0 Å². The maximum Gasteiger partial charge on any atom is 0.323 e. The number of halogens is 1. The minimum absolute atomic E-state index is 0.232. The molecule has 5 nitrogen and oxygen atoms in total. The molecular weight excluding hydrogens is 348 g/mol. The second-order valence-electron chi connectivity index (χ2n) is 5.46. The van der Waals surface area contributed by atoms with Gasteiger partial charge in [0.2, 0.25) is 5.91 Å². The largest absolute Gasteiger partial charge is 0.465 e. The van der Waals surface area contributed by atoms with Crippen molar-refractivity contribution in [1.82, 2.24) is 5.32 Å². The molecule has 1 amide bonds. The number of hydrogen-bond donors (Lipinski definition) is 2. The van der Waals surface area contributed by atoms with Gasteiger partial charge >= 0.3 is 5.97 Å². The van der Waals surface area contributed by atoms with E-state index in [0.29, 0.717) is 31.6 Å². The molecule has 1 aromatic rings. The second kappa shape index (κ2) is 5.85. The van der Waals surface area contributed by atoms with Crippen molar-refractivity contribution in [2.75, 3.05) is 13.2 Å². The van der Waals surface area contributed by atoms with Gasteiger partial charge in [-0.1, -0.05) is 15.9 Å². The number of carbonyl (C=O) groups excluding carboxylic acids is 2. The fraction of sp³-hybridized carbons (Fsp3) is 0.375. The molecule has 0 fully saturated rings. The molecule has 0 aromatic heterocycles. The molecule has 3 N–H and O–H groups in total. The molecule has 0 saturated carbocycles. The van der Waals surface area contributed by atoms with Crippen LogP contribution < -0.4 is 11.1 Å². The molecule has 3 rings (SSSR count). The first-order valence-electron chi connectivity index (χ1n) is 7.25. The van der Waals surface area contributed by atoms with E-state index in [1.807, 2.05) is 6.07 Å². The molecule has 0 radical (unpaired) electrons.